The van der Waals surface area contributed by atoms with Gasteiger partial charge in [-0.3, -0.25) is 18.7 Å². The number of carbonyl (C=O) groups is 2. The van der Waals surface area contributed by atoms with Gasteiger partial charge in [-0.2, -0.15) is 0 Å². The van der Waals surface area contributed by atoms with E-state index in [1.165, 1.54) is 0 Å². The second-order valence-corrected chi connectivity index (χ2v) is 9.89. The Morgan fingerprint density at radius 1 is 0.906 bits per heavy atom. The van der Waals surface area contributed by atoms with Crippen molar-refractivity contribution < 1.29 is 9.59 Å². The molecule has 0 spiro atoms. The number of amides is 2. The van der Waals surface area contributed by atoms with Gasteiger partial charge in [-0.15, -0.1) is 0 Å². The molecule has 2 aromatic rings. The Morgan fingerprint density at radius 2 is 1.44 bits per heavy atom. The van der Waals surface area contributed by atoms with Gasteiger partial charge in [0.05, 0.1) is 5.52 Å². The van der Waals surface area contributed by atoms with E-state index in [4.69, 9.17) is 0 Å². The minimum Gasteiger partial charge on any atom is -0.339 e. The fourth-order valence-corrected chi connectivity index (χ4v) is 5.38. The average molecular weight is 440 g/mol. The lowest BCUT2D eigenvalue weighted by Gasteiger charge is -2.38. The first-order chi connectivity index (χ1) is 15.4. The SMILES string of the molecule is Cc1ccc2c(n1)n(C[C@H]1CC[C@H](C(=O)N3CCN(C(=O)C4CC4)CC3)CC1)c(=O)n2C. The Hall–Kier alpha value is -2.64. The number of aromatic nitrogens is 3. The summed E-state index contributed by atoms with van der Waals surface area (Å²) in [6.45, 7) is 5.27. The van der Waals surface area contributed by atoms with Crippen LogP contribution in [0, 0.1) is 24.7 Å². The van der Waals surface area contributed by atoms with Gasteiger partial charge in [0, 0.05) is 57.3 Å². The number of aryl methyl sites for hydroxylation is 2. The molecule has 0 aromatic carbocycles. The van der Waals surface area contributed by atoms with Gasteiger partial charge in [-0.25, -0.2) is 9.78 Å². The summed E-state index contributed by atoms with van der Waals surface area (Å²) in [5, 5.41) is 0. The van der Waals surface area contributed by atoms with Gasteiger partial charge in [0.15, 0.2) is 5.65 Å². The highest BCUT2D eigenvalue weighted by atomic mass is 16.2. The highest BCUT2D eigenvalue weighted by Gasteiger charge is 2.36. The lowest BCUT2D eigenvalue weighted by atomic mass is 9.81. The van der Waals surface area contributed by atoms with Crippen molar-refractivity contribution in [2.45, 2.75) is 52.0 Å². The molecule has 2 amide bonds. The third-order valence-corrected chi connectivity index (χ3v) is 7.59. The van der Waals surface area contributed by atoms with Crippen molar-refractivity contribution >= 4 is 23.0 Å². The van der Waals surface area contributed by atoms with E-state index in [0.717, 1.165) is 55.4 Å². The number of imidazole rings is 1. The van der Waals surface area contributed by atoms with E-state index >= 15 is 0 Å². The van der Waals surface area contributed by atoms with Crippen molar-refractivity contribution in [1.82, 2.24) is 23.9 Å². The van der Waals surface area contributed by atoms with Crippen LogP contribution >= 0.6 is 0 Å². The van der Waals surface area contributed by atoms with Gasteiger partial charge in [-0.1, -0.05) is 0 Å². The molecule has 3 heterocycles. The van der Waals surface area contributed by atoms with Crippen LogP contribution in [0.3, 0.4) is 0 Å². The van der Waals surface area contributed by atoms with Crippen LogP contribution in [0.15, 0.2) is 16.9 Å². The molecule has 0 N–H and O–H groups in total. The van der Waals surface area contributed by atoms with Crippen LogP contribution in [-0.2, 0) is 23.2 Å². The van der Waals surface area contributed by atoms with E-state index in [1.54, 1.807) is 11.6 Å². The number of carbonyl (C=O) groups excluding carboxylic acids is 2. The zero-order chi connectivity index (χ0) is 22.4. The van der Waals surface area contributed by atoms with Gasteiger partial charge in [-0.05, 0) is 63.5 Å². The van der Waals surface area contributed by atoms with Gasteiger partial charge < -0.3 is 9.80 Å². The van der Waals surface area contributed by atoms with Crippen LogP contribution in [0.2, 0.25) is 0 Å². The zero-order valence-electron chi connectivity index (χ0n) is 19.1. The average Bonchev–Trinajstić information content (AvgIpc) is 3.64. The van der Waals surface area contributed by atoms with E-state index in [-0.39, 0.29) is 29.3 Å². The summed E-state index contributed by atoms with van der Waals surface area (Å²) in [5.74, 6) is 1.24. The molecular formula is C24H33N5O3. The normalized spacial score (nSPS) is 24.2. The minimum atomic E-state index is -0.0186. The van der Waals surface area contributed by atoms with Crippen molar-refractivity contribution in [2.75, 3.05) is 26.2 Å². The second kappa shape index (κ2) is 8.37. The molecule has 0 atom stereocenters. The quantitative estimate of drug-likeness (QED) is 0.729. The fourth-order valence-electron chi connectivity index (χ4n) is 5.38. The van der Waals surface area contributed by atoms with Crippen molar-refractivity contribution in [1.29, 1.82) is 0 Å². The van der Waals surface area contributed by atoms with Gasteiger partial charge in [0.2, 0.25) is 11.8 Å². The van der Waals surface area contributed by atoms with E-state index in [9.17, 15) is 14.4 Å². The van der Waals surface area contributed by atoms with Gasteiger partial charge in [0.1, 0.15) is 0 Å². The molecule has 5 rings (SSSR count). The minimum absolute atomic E-state index is 0.0186. The molecule has 8 nitrogen and oxygen atoms in total. The molecule has 3 aliphatic rings. The third kappa shape index (κ3) is 3.95. The molecule has 8 heteroatoms. The molecule has 2 aliphatic carbocycles. The maximum Gasteiger partial charge on any atom is 0.330 e. The molecule has 1 aliphatic heterocycles. The first-order valence-corrected chi connectivity index (χ1v) is 12.0. The molecule has 32 heavy (non-hydrogen) atoms. The Labute approximate surface area is 188 Å². The lowest BCUT2D eigenvalue weighted by molar-refractivity contribution is -0.143. The van der Waals surface area contributed by atoms with E-state index < -0.39 is 0 Å². The van der Waals surface area contributed by atoms with Crippen LogP contribution < -0.4 is 5.69 Å². The Morgan fingerprint density at radius 3 is 1.97 bits per heavy atom. The molecular weight excluding hydrogens is 406 g/mol. The predicted octanol–water partition coefficient (Wildman–Crippen LogP) is 1.93. The highest BCUT2D eigenvalue weighted by molar-refractivity contribution is 5.82. The van der Waals surface area contributed by atoms with Crippen LogP contribution in [0.25, 0.3) is 11.2 Å². The van der Waals surface area contributed by atoms with Gasteiger partial charge in [0.25, 0.3) is 0 Å². The summed E-state index contributed by atoms with van der Waals surface area (Å²) >= 11 is 0. The Kier molecular flexibility index (Phi) is 5.55. The first-order valence-electron chi connectivity index (χ1n) is 12.0. The topological polar surface area (TPSA) is 80.4 Å². The number of nitrogens with zero attached hydrogens (tertiary/aromatic N) is 5. The molecule has 3 fully saturated rings. The van der Waals surface area contributed by atoms with Crippen LogP contribution in [0.4, 0.5) is 0 Å². The number of piperazine rings is 1. The van der Waals surface area contributed by atoms with Gasteiger partial charge >= 0.3 is 5.69 Å². The zero-order valence-corrected chi connectivity index (χ0v) is 19.1. The highest BCUT2D eigenvalue weighted by Crippen LogP contribution is 2.33. The van der Waals surface area contributed by atoms with E-state index in [1.807, 2.05) is 33.4 Å². The molecule has 0 bridgehead atoms. The van der Waals surface area contributed by atoms with Crippen molar-refractivity contribution in [3.8, 4) is 0 Å². The van der Waals surface area contributed by atoms with E-state index in [2.05, 4.69) is 4.98 Å². The molecule has 1 saturated heterocycles. The Balaban J connectivity index is 1.16. The second-order valence-electron chi connectivity index (χ2n) is 9.89. The molecule has 2 saturated carbocycles. The Bertz CT molecular complexity index is 1080. The summed E-state index contributed by atoms with van der Waals surface area (Å²) < 4.78 is 3.48. The molecule has 172 valence electrons. The monoisotopic (exact) mass is 439 g/mol. The largest absolute Gasteiger partial charge is 0.339 e. The fraction of sp³-hybridized carbons (Fsp3) is 0.667. The lowest BCUT2D eigenvalue weighted by Crippen LogP contribution is -2.52. The van der Waals surface area contributed by atoms with Crippen molar-refractivity contribution in [2.24, 2.45) is 24.8 Å². The van der Waals surface area contributed by atoms with Crippen LogP contribution in [0.5, 0.6) is 0 Å². The smallest absolute Gasteiger partial charge is 0.330 e. The molecule has 0 unspecified atom stereocenters. The summed E-state index contributed by atoms with van der Waals surface area (Å²) in [7, 11) is 1.80. The van der Waals surface area contributed by atoms with Crippen molar-refractivity contribution in [3.63, 3.8) is 0 Å². The number of rotatable bonds is 4. The predicted molar refractivity (Wildman–Crippen MR) is 121 cm³/mol. The summed E-state index contributed by atoms with van der Waals surface area (Å²) in [5.41, 5.74) is 2.51. The third-order valence-electron chi connectivity index (χ3n) is 7.59. The number of fused-ring (bicyclic) bond motifs is 1. The maximum absolute atomic E-state index is 13.1. The first kappa shape index (κ1) is 21.2. The molecule has 0 radical (unpaired) electrons. The van der Waals surface area contributed by atoms with Crippen LogP contribution in [-0.4, -0.2) is 61.9 Å². The number of pyridine rings is 1. The summed E-state index contributed by atoms with van der Waals surface area (Å²) in [6.07, 6.45) is 5.70. The molecule has 2 aromatic heterocycles. The van der Waals surface area contributed by atoms with E-state index in [0.29, 0.717) is 38.6 Å². The standard InChI is InChI=1S/C24H33N5O3/c1-16-3-10-20-21(25-16)29(24(32)26(20)2)15-17-4-6-18(7-5-17)22(30)27-11-13-28(14-12-27)23(31)19-8-9-19/h3,10,17-19H,4-9,11-15H2,1-2H3/t17-,18-. The summed E-state index contributed by atoms with van der Waals surface area (Å²) in [4.78, 5) is 46.6. The number of hydrogen-bond donors (Lipinski definition) is 0. The van der Waals surface area contributed by atoms with Crippen LogP contribution in [0.1, 0.15) is 44.2 Å². The summed E-state index contributed by atoms with van der Waals surface area (Å²) in [6, 6.07) is 3.90. The van der Waals surface area contributed by atoms with Crippen molar-refractivity contribution in [3.05, 3.63) is 28.3 Å². The maximum atomic E-state index is 13.1. The number of hydrogen-bond acceptors (Lipinski definition) is 4.